The summed E-state index contributed by atoms with van der Waals surface area (Å²) in [6.45, 7) is 0.194. The molecule has 26 heavy (non-hydrogen) atoms. The van der Waals surface area contributed by atoms with Crippen LogP contribution >= 0.6 is 11.8 Å². The van der Waals surface area contributed by atoms with E-state index in [1.165, 1.54) is 11.8 Å². The van der Waals surface area contributed by atoms with E-state index in [0.29, 0.717) is 28.0 Å². The second kappa shape index (κ2) is 7.09. The first kappa shape index (κ1) is 16.5. The fourth-order valence-corrected chi connectivity index (χ4v) is 3.55. The monoisotopic (exact) mass is 369 g/mol. The summed E-state index contributed by atoms with van der Waals surface area (Å²) in [4.78, 5) is 28.7. The van der Waals surface area contributed by atoms with Crippen LogP contribution in [0.25, 0.3) is 0 Å². The zero-order chi connectivity index (χ0) is 17.9. The van der Waals surface area contributed by atoms with Gasteiger partial charge in [-0.05, 0) is 24.3 Å². The molecule has 4 rings (SSSR count). The van der Waals surface area contributed by atoms with Crippen LogP contribution < -0.4 is 20.1 Å². The van der Waals surface area contributed by atoms with Gasteiger partial charge in [-0.3, -0.25) is 9.59 Å². The third-order valence-corrected chi connectivity index (χ3v) is 4.87. The minimum atomic E-state index is -0.508. The number of anilines is 1. The summed E-state index contributed by atoms with van der Waals surface area (Å²) >= 11 is 1.24. The Bertz CT molecular complexity index is 885. The molecule has 1 fully saturated rings. The third-order valence-electron chi connectivity index (χ3n) is 3.79. The van der Waals surface area contributed by atoms with Crippen molar-refractivity contribution >= 4 is 40.1 Å². The molecule has 7 nitrogen and oxygen atoms in total. The van der Waals surface area contributed by atoms with Crippen molar-refractivity contribution in [3.63, 3.8) is 0 Å². The summed E-state index contributed by atoms with van der Waals surface area (Å²) in [5, 5.41) is 5.45. The zero-order valence-corrected chi connectivity index (χ0v) is 14.4. The fourth-order valence-electron chi connectivity index (χ4n) is 2.57. The number of nitrogens with zero attached hydrogens (tertiary/aromatic N) is 1. The number of rotatable bonds is 4. The molecule has 0 radical (unpaired) electrons. The first-order chi connectivity index (χ1) is 12.7. The quantitative estimate of drug-likeness (QED) is 0.865. The Morgan fingerprint density at radius 3 is 2.85 bits per heavy atom. The number of amidine groups is 1. The van der Waals surface area contributed by atoms with Crippen molar-refractivity contribution in [1.82, 2.24) is 5.32 Å². The van der Waals surface area contributed by atoms with E-state index in [1.54, 1.807) is 30.3 Å². The van der Waals surface area contributed by atoms with E-state index in [0.717, 1.165) is 0 Å². The maximum absolute atomic E-state index is 12.1. The Labute approximate surface area is 153 Å². The van der Waals surface area contributed by atoms with Gasteiger partial charge in [-0.25, -0.2) is 4.99 Å². The Morgan fingerprint density at radius 1 is 1.19 bits per heavy atom. The molecule has 2 aliphatic heterocycles. The molecule has 0 saturated carbocycles. The van der Waals surface area contributed by atoms with E-state index in [-0.39, 0.29) is 25.0 Å². The number of para-hydroxylation sites is 1. The minimum absolute atomic E-state index is 0.0750. The second-order valence-corrected chi connectivity index (χ2v) is 6.86. The lowest BCUT2D eigenvalue weighted by molar-refractivity contribution is -0.122. The lowest BCUT2D eigenvalue weighted by atomic mass is 10.2. The van der Waals surface area contributed by atoms with E-state index >= 15 is 0 Å². The molecule has 1 unspecified atom stereocenters. The number of carbonyl (C=O) groups is 2. The molecular weight excluding hydrogens is 354 g/mol. The highest BCUT2D eigenvalue weighted by atomic mass is 32.2. The SMILES string of the molecule is O=C(CC1SC(=Nc2ccc3c(c2)OCO3)NC1=O)Nc1ccccc1. The number of hydrogen-bond donors (Lipinski definition) is 2. The molecule has 2 heterocycles. The van der Waals surface area contributed by atoms with Gasteiger partial charge in [0.15, 0.2) is 16.7 Å². The first-order valence-electron chi connectivity index (χ1n) is 7.98. The van der Waals surface area contributed by atoms with Gasteiger partial charge in [-0.2, -0.15) is 0 Å². The molecule has 0 spiro atoms. The Balaban J connectivity index is 1.39. The van der Waals surface area contributed by atoms with E-state index in [1.807, 2.05) is 18.2 Å². The highest BCUT2D eigenvalue weighted by molar-refractivity contribution is 8.15. The lowest BCUT2D eigenvalue weighted by Gasteiger charge is -2.07. The molecule has 1 saturated heterocycles. The number of benzene rings is 2. The van der Waals surface area contributed by atoms with E-state index in [4.69, 9.17) is 9.47 Å². The van der Waals surface area contributed by atoms with Gasteiger partial charge in [-0.15, -0.1) is 0 Å². The van der Waals surface area contributed by atoms with Gasteiger partial charge >= 0.3 is 0 Å². The van der Waals surface area contributed by atoms with Crippen LogP contribution in [0.15, 0.2) is 53.5 Å². The van der Waals surface area contributed by atoms with Crippen molar-refractivity contribution < 1.29 is 19.1 Å². The van der Waals surface area contributed by atoms with Crippen LogP contribution in [0, 0.1) is 0 Å². The number of fused-ring (bicyclic) bond motifs is 1. The van der Waals surface area contributed by atoms with Crippen LogP contribution in [-0.2, 0) is 9.59 Å². The largest absolute Gasteiger partial charge is 0.454 e. The van der Waals surface area contributed by atoms with Crippen molar-refractivity contribution in [3.8, 4) is 11.5 Å². The molecule has 0 aliphatic carbocycles. The predicted molar refractivity (Wildman–Crippen MR) is 98.9 cm³/mol. The van der Waals surface area contributed by atoms with Gasteiger partial charge in [0.1, 0.15) is 5.25 Å². The molecule has 2 aliphatic rings. The number of ether oxygens (including phenoxy) is 2. The molecule has 2 aromatic rings. The summed E-state index contributed by atoms with van der Waals surface area (Å²) in [5.74, 6) is 0.860. The van der Waals surface area contributed by atoms with E-state index in [9.17, 15) is 9.59 Å². The normalized spacial score (nSPS) is 19.5. The van der Waals surface area contributed by atoms with Crippen molar-refractivity contribution in [2.75, 3.05) is 12.1 Å². The lowest BCUT2D eigenvalue weighted by Crippen LogP contribution is -2.28. The molecule has 8 heteroatoms. The van der Waals surface area contributed by atoms with Crippen LogP contribution in [0.4, 0.5) is 11.4 Å². The van der Waals surface area contributed by atoms with Gasteiger partial charge in [0.2, 0.25) is 18.6 Å². The minimum Gasteiger partial charge on any atom is -0.454 e. The Hall–Kier alpha value is -3.00. The number of carbonyl (C=O) groups excluding carboxylic acids is 2. The molecule has 0 bridgehead atoms. The molecule has 132 valence electrons. The number of nitrogens with one attached hydrogen (secondary N) is 2. The molecule has 1 atom stereocenters. The average molecular weight is 369 g/mol. The average Bonchev–Trinajstić information content (AvgIpc) is 3.22. The van der Waals surface area contributed by atoms with Crippen molar-refractivity contribution in [1.29, 1.82) is 0 Å². The highest BCUT2D eigenvalue weighted by Gasteiger charge is 2.32. The van der Waals surface area contributed by atoms with E-state index < -0.39 is 5.25 Å². The van der Waals surface area contributed by atoms with Crippen LogP contribution in [0.1, 0.15) is 6.42 Å². The van der Waals surface area contributed by atoms with Gasteiger partial charge in [-0.1, -0.05) is 30.0 Å². The van der Waals surface area contributed by atoms with Gasteiger partial charge in [0.05, 0.1) is 5.69 Å². The summed E-state index contributed by atoms with van der Waals surface area (Å²) in [5.41, 5.74) is 1.35. The summed E-state index contributed by atoms with van der Waals surface area (Å²) < 4.78 is 10.6. The molecule has 2 amide bonds. The number of amides is 2. The smallest absolute Gasteiger partial charge is 0.240 e. The maximum atomic E-state index is 12.1. The number of aliphatic imine (C=N–C) groups is 1. The third kappa shape index (κ3) is 3.65. The fraction of sp³-hybridized carbons (Fsp3) is 0.167. The van der Waals surface area contributed by atoms with Crippen molar-refractivity contribution in [2.24, 2.45) is 4.99 Å². The molecule has 0 aromatic heterocycles. The number of hydrogen-bond acceptors (Lipinski definition) is 6. The predicted octanol–water partition coefficient (Wildman–Crippen LogP) is 2.66. The first-order valence-corrected chi connectivity index (χ1v) is 8.86. The molecule has 2 aromatic carbocycles. The van der Waals surface area contributed by atoms with E-state index in [2.05, 4.69) is 15.6 Å². The highest BCUT2D eigenvalue weighted by Crippen LogP contribution is 2.36. The van der Waals surface area contributed by atoms with Gasteiger partial charge < -0.3 is 20.1 Å². The van der Waals surface area contributed by atoms with Gasteiger partial charge in [0.25, 0.3) is 0 Å². The summed E-state index contributed by atoms with van der Waals surface area (Å²) in [6, 6.07) is 14.4. The molecular formula is C18H15N3O4S. The van der Waals surface area contributed by atoms with Crippen molar-refractivity contribution in [3.05, 3.63) is 48.5 Å². The van der Waals surface area contributed by atoms with Crippen LogP contribution in [0.5, 0.6) is 11.5 Å². The number of thioether (sulfide) groups is 1. The topological polar surface area (TPSA) is 89.0 Å². The Kier molecular flexibility index (Phi) is 4.49. The summed E-state index contributed by atoms with van der Waals surface area (Å²) in [7, 11) is 0. The summed E-state index contributed by atoms with van der Waals surface area (Å²) in [6.07, 6.45) is 0.0750. The molecule has 2 N–H and O–H groups in total. The van der Waals surface area contributed by atoms with Crippen LogP contribution in [-0.4, -0.2) is 29.0 Å². The Morgan fingerprint density at radius 2 is 2.00 bits per heavy atom. The second-order valence-electron chi connectivity index (χ2n) is 5.67. The van der Waals surface area contributed by atoms with Crippen molar-refractivity contribution in [2.45, 2.75) is 11.7 Å². The zero-order valence-electron chi connectivity index (χ0n) is 13.6. The van der Waals surface area contributed by atoms with Gasteiger partial charge in [0, 0.05) is 18.2 Å². The standard InChI is InChI=1S/C18H15N3O4S/c22-16(19-11-4-2-1-3-5-11)9-15-17(23)21-18(26-15)20-12-6-7-13-14(8-12)25-10-24-13/h1-8,15H,9-10H2,(H,19,22)(H,20,21,23). The maximum Gasteiger partial charge on any atom is 0.240 e. The van der Waals surface area contributed by atoms with Crippen LogP contribution in [0.3, 0.4) is 0 Å². The van der Waals surface area contributed by atoms with Crippen LogP contribution in [0.2, 0.25) is 0 Å².